The van der Waals surface area contributed by atoms with Gasteiger partial charge in [-0.15, -0.1) is 12.8 Å². The molecule has 212 valence electrons. The number of nitrogens with one attached hydrogen (secondary N) is 2. The Morgan fingerprint density at radius 3 is 1.89 bits per heavy atom. The molecule has 1 aromatic rings. The third kappa shape index (κ3) is 23.0. The number of hydrogen-bond donors (Lipinski definition) is 3. The van der Waals surface area contributed by atoms with E-state index in [9.17, 15) is 18.8 Å². The van der Waals surface area contributed by atoms with Gasteiger partial charge in [-0.25, -0.2) is 9.18 Å². The Morgan fingerprint density at radius 1 is 1.14 bits per heavy atom. The van der Waals surface area contributed by atoms with Crippen LogP contribution in [-0.2, 0) is 19.8 Å². The lowest BCUT2D eigenvalue weighted by molar-refractivity contribution is -0.132. The normalized spacial score (nSPS) is 10.8. The van der Waals surface area contributed by atoms with Crippen molar-refractivity contribution in [2.45, 2.75) is 79.4 Å². The maximum absolute atomic E-state index is 12.0. The van der Waals surface area contributed by atoms with Gasteiger partial charge in [-0.2, -0.15) is 0 Å². The molecular weight excluding hydrogens is 473 g/mol. The van der Waals surface area contributed by atoms with Crippen LogP contribution < -0.4 is 10.6 Å². The lowest BCUT2D eigenvalue weighted by atomic mass is 9.77. The van der Waals surface area contributed by atoms with Crippen LogP contribution in [0.5, 0.6) is 0 Å². The van der Waals surface area contributed by atoms with Crippen molar-refractivity contribution < 1.29 is 23.9 Å². The van der Waals surface area contributed by atoms with Crippen molar-refractivity contribution >= 4 is 18.3 Å². The summed E-state index contributed by atoms with van der Waals surface area (Å²) in [5.41, 5.74) is 1.17. The Hall–Kier alpha value is -3.18. The van der Waals surface area contributed by atoms with Crippen LogP contribution in [0.15, 0.2) is 42.0 Å². The first-order chi connectivity index (χ1) is 17.3. The van der Waals surface area contributed by atoms with Crippen LogP contribution in [0.4, 0.5) is 4.39 Å². The summed E-state index contributed by atoms with van der Waals surface area (Å²) < 4.78 is 11.0. The largest absolute Gasteiger partial charge is 0.478 e. The Balaban J connectivity index is -0.000000233. The lowest BCUT2D eigenvalue weighted by Crippen LogP contribution is -2.53. The molecule has 0 unspecified atom stereocenters. The number of alkyl halides is 1. The van der Waals surface area contributed by atoms with E-state index >= 15 is 0 Å². The summed E-state index contributed by atoms with van der Waals surface area (Å²) in [6.07, 6.45) is 10.7. The molecule has 0 bridgehead atoms. The number of hydrogen-bond acceptors (Lipinski definition) is 4. The average molecular weight is 524 g/mol. The van der Waals surface area contributed by atoms with Crippen molar-refractivity contribution in [1.29, 1.82) is 0 Å². The molecule has 1 rings (SSSR count). The third-order valence-electron chi connectivity index (χ3n) is 4.34. The van der Waals surface area contributed by atoms with E-state index in [2.05, 4.69) is 63.3 Å². The molecule has 3 N–H and O–H groups in total. The van der Waals surface area contributed by atoms with E-state index in [0.29, 0.717) is 19.5 Å². The van der Waals surface area contributed by atoms with E-state index in [1.165, 1.54) is 38.2 Å². The summed E-state index contributed by atoms with van der Waals surface area (Å²) in [5, 5.41) is 14.4. The van der Waals surface area contributed by atoms with Crippen LogP contribution in [0.25, 0.3) is 0 Å². The molecule has 0 spiro atoms. The van der Waals surface area contributed by atoms with Crippen molar-refractivity contribution in [2.24, 2.45) is 0 Å². The minimum absolute atomic E-state index is 0.0452. The fourth-order valence-electron chi connectivity index (χ4n) is 2.54. The number of terminal acetylenes is 1. The second-order valence-electron chi connectivity index (χ2n) is 8.66. The molecule has 0 fully saturated rings. The monoisotopic (exact) mass is 523 g/mol. The van der Waals surface area contributed by atoms with Crippen molar-refractivity contribution in [1.82, 2.24) is 15.5 Å². The number of rotatable bonds is 9. The Labute approximate surface area is 224 Å². The van der Waals surface area contributed by atoms with E-state index in [4.69, 9.17) is 5.11 Å². The zero-order chi connectivity index (χ0) is 30.0. The minimum Gasteiger partial charge on any atom is -0.478 e. The van der Waals surface area contributed by atoms with Gasteiger partial charge in [-0.1, -0.05) is 70.5 Å². The zero-order valence-electron chi connectivity index (χ0n) is 24.5. The van der Waals surface area contributed by atoms with Gasteiger partial charge in [0, 0.05) is 31.1 Å². The highest BCUT2D eigenvalue weighted by Gasteiger charge is 2.35. The highest BCUT2D eigenvalue weighted by Crippen LogP contribution is 2.27. The van der Waals surface area contributed by atoms with Crippen LogP contribution >= 0.6 is 0 Å². The number of amides is 2. The molecule has 1 atom stereocenters. The molecular formula is C29H50FN3O4. The highest BCUT2D eigenvalue weighted by molar-refractivity contribution is 5.85. The Bertz CT molecular complexity index is 760. The van der Waals surface area contributed by atoms with Crippen molar-refractivity contribution in [2.75, 3.05) is 27.2 Å². The molecule has 0 saturated heterocycles. The van der Waals surface area contributed by atoms with E-state index < -0.39 is 12.1 Å². The van der Waals surface area contributed by atoms with Crippen LogP contribution in [0.1, 0.15) is 67.4 Å². The van der Waals surface area contributed by atoms with Gasteiger partial charge in [0.2, 0.25) is 12.3 Å². The molecule has 2 amide bonds. The predicted molar refractivity (Wildman–Crippen MR) is 153 cm³/mol. The van der Waals surface area contributed by atoms with Crippen LogP contribution in [0, 0.1) is 12.8 Å². The Kier molecular flexibility index (Phi) is 28.7. The van der Waals surface area contributed by atoms with Gasteiger partial charge >= 0.3 is 5.97 Å². The molecule has 0 aromatic heterocycles. The first-order valence-electron chi connectivity index (χ1n) is 12.3. The number of carbonyl (C=O) groups excluding carboxylic acids is 2. The maximum atomic E-state index is 12.0. The maximum Gasteiger partial charge on any atom is 0.331 e. The van der Waals surface area contributed by atoms with Crippen molar-refractivity contribution in [3.05, 3.63) is 47.5 Å². The number of nitrogens with zero attached hydrogens (tertiary/aromatic N) is 1. The summed E-state index contributed by atoms with van der Waals surface area (Å²) in [6.45, 7) is 15.8. The van der Waals surface area contributed by atoms with Gasteiger partial charge in [-0.05, 0) is 40.3 Å². The molecule has 0 aliphatic carbocycles. The molecule has 0 aliphatic rings. The first-order valence-corrected chi connectivity index (χ1v) is 12.3. The van der Waals surface area contributed by atoms with Crippen molar-refractivity contribution in [3.8, 4) is 12.8 Å². The number of carboxylic acids is 1. The minimum atomic E-state index is -0.954. The van der Waals surface area contributed by atoms with Gasteiger partial charge in [0.1, 0.15) is 0 Å². The molecule has 0 aliphatic heterocycles. The number of benzene rings is 1. The van der Waals surface area contributed by atoms with Crippen LogP contribution in [0.3, 0.4) is 0 Å². The zero-order valence-corrected chi connectivity index (χ0v) is 24.5. The third-order valence-corrected chi connectivity index (χ3v) is 4.34. The lowest BCUT2D eigenvalue weighted by Gasteiger charge is -2.33. The second kappa shape index (κ2) is 25.9. The summed E-state index contributed by atoms with van der Waals surface area (Å²) in [7, 11) is 3.41. The number of likely N-dealkylation sites (N-methyl/N-ethyl adjacent to an activating group) is 3. The fraction of sp³-hybridized carbons (Fsp3) is 0.552. The molecule has 0 heterocycles. The average Bonchev–Trinajstić information content (AvgIpc) is 2.85. The van der Waals surface area contributed by atoms with E-state index in [-0.39, 0.29) is 22.9 Å². The Morgan fingerprint density at radius 2 is 1.57 bits per heavy atom. The van der Waals surface area contributed by atoms with E-state index in [0.717, 1.165) is 5.56 Å². The van der Waals surface area contributed by atoms with Gasteiger partial charge in [0.25, 0.3) is 0 Å². The van der Waals surface area contributed by atoms with Crippen molar-refractivity contribution in [3.63, 3.8) is 0 Å². The summed E-state index contributed by atoms with van der Waals surface area (Å²) >= 11 is 0. The second-order valence-corrected chi connectivity index (χ2v) is 8.66. The standard InChI is InChI=1S/C14H22N2O.C7H11NO3.C3H7F.C3H8.C2H2/c1-5-16-13(17)12(15-4)14(2,3)11-9-7-6-8-10-11;1-6(7(10)11)3-4-8(2)5-9;1-3(2)4;1-3-2;1-2/h6-10,12,15H,5H2,1-4H3,(H,16,17);3,5H,4H2,1-2H3,(H,10,11);3H,1-2H3;3H2,1-2H3;1-2H/b;6-3+;;;/t12-;;;;/m1..../s1. The number of aliphatic carboxylic acids is 1. The quantitative estimate of drug-likeness (QED) is 0.245. The highest BCUT2D eigenvalue weighted by atomic mass is 19.1. The number of carbonyl (C=O) groups is 3. The number of halogens is 1. The topological polar surface area (TPSA) is 98.7 Å². The van der Waals surface area contributed by atoms with Gasteiger partial charge in [0.05, 0.1) is 12.2 Å². The molecule has 7 nitrogen and oxygen atoms in total. The SMILES string of the molecule is C#C.C/C(=C\CN(C)C=O)C(=O)O.CC(C)F.CCC.CCNC(=O)[C@@H](NC)C(C)(C)c1ccccc1. The van der Waals surface area contributed by atoms with Gasteiger partial charge < -0.3 is 20.6 Å². The van der Waals surface area contributed by atoms with E-state index in [1.807, 2.05) is 32.2 Å². The van der Waals surface area contributed by atoms with Crippen LogP contribution in [0.2, 0.25) is 0 Å². The molecule has 37 heavy (non-hydrogen) atoms. The fourth-order valence-corrected chi connectivity index (χ4v) is 2.54. The van der Waals surface area contributed by atoms with E-state index in [1.54, 1.807) is 7.05 Å². The summed E-state index contributed by atoms with van der Waals surface area (Å²) in [6, 6.07) is 9.88. The predicted octanol–water partition coefficient (Wildman–Crippen LogP) is 4.82. The summed E-state index contributed by atoms with van der Waals surface area (Å²) in [4.78, 5) is 33.6. The van der Waals surface area contributed by atoms with Gasteiger partial charge in [0.15, 0.2) is 0 Å². The molecule has 8 heteroatoms. The summed E-state index contributed by atoms with van der Waals surface area (Å²) in [5.74, 6) is -0.909. The van der Waals surface area contributed by atoms with Crippen LogP contribution in [-0.4, -0.2) is 67.7 Å². The molecule has 1 aromatic carbocycles. The molecule has 0 radical (unpaired) electrons. The number of carboxylic acid groups (broad SMARTS) is 1. The van der Waals surface area contributed by atoms with Gasteiger partial charge in [-0.3, -0.25) is 9.59 Å². The molecule has 0 saturated carbocycles. The first kappa shape index (κ1) is 41.0. The smallest absolute Gasteiger partial charge is 0.331 e.